The molecule has 0 N–H and O–H groups in total. The van der Waals surface area contributed by atoms with E-state index < -0.39 is 0 Å². The summed E-state index contributed by atoms with van der Waals surface area (Å²) in [5, 5.41) is 8.25. The summed E-state index contributed by atoms with van der Waals surface area (Å²) in [6, 6.07) is 32.5. The molecular weight excluding hydrogens is 485 g/mol. The summed E-state index contributed by atoms with van der Waals surface area (Å²) in [6.45, 7) is 9.17. The minimum atomic E-state index is 0.0393. The van der Waals surface area contributed by atoms with Crippen molar-refractivity contribution < 1.29 is 0 Å². The van der Waals surface area contributed by atoms with Crippen LogP contribution in [0.4, 0.5) is 0 Å². The second kappa shape index (κ2) is 8.41. The summed E-state index contributed by atoms with van der Waals surface area (Å²) in [4.78, 5) is 0. The predicted octanol–water partition coefficient (Wildman–Crippen LogP) is 11.3. The van der Waals surface area contributed by atoms with Gasteiger partial charge >= 0.3 is 0 Å². The maximum Gasteiger partial charge on any atom is 0.0362 e. The van der Waals surface area contributed by atoms with E-state index in [9.17, 15) is 0 Å². The Morgan fingerprint density at radius 1 is 0.595 bits per heavy atom. The molecule has 0 bridgehead atoms. The lowest BCUT2D eigenvalue weighted by Crippen LogP contribution is -2.27. The number of aryl methyl sites for hydroxylation is 2. The van der Waals surface area contributed by atoms with Gasteiger partial charge in [-0.3, -0.25) is 0 Å². The number of hydrogen-bond acceptors (Lipinski definition) is 2. The summed E-state index contributed by atoms with van der Waals surface area (Å²) in [5.41, 5.74) is 5.70. The molecule has 2 heterocycles. The topological polar surface area (TPSA) is 0 Å². The first-order chi connectivity index (χ1) is 18.0. The van der Waals surface area contributed by atoms with Gasteiger partial charge in [0.2, 0.25) is 0 Å². The minimum Gasteiger partial charge on any atom is -0.135 e. The Labute approximate surface area is 226 Å². The van der Waals surface area contributed by atoms with E-state index in [2.05, 4.69) is 113 Å². The molecule has 0 amide bonds. The van der Waals surface area contributed by atoms with E-state index in [-0.39, 0.29) is 5.41 Å². The van der Waals surface area contributed by atoms with Crippen LogP contribution in [0, 0.1) is 13.8 Å². The third kappa shape index (κ3) is 3.32. The van der Waals surface area contributed by atoms with Crippen molar-refractivity contribution >= 4 is 73.8 Å². The van der Waals surface area contributed by atoms with Crippen LogP contribution in [0.5, 0.6) is 0 Å². The van der Waals surface area contributed by atoms with Crippen LogP contribution in [0.25, 0.3) is 51.1 Å². The zero-order valence-electron chi connectivity index (χ0n) is 21.8. The molecule has 2 aromatic heterocycles. The number of thiophene rings is 2. The first-order valence-electron chi connectivity index (χ1n) is 13.3. The smallest absolute Gasteiger partial charge is 0.0362 e. The average Bonchev–Trinajstić information content (AvgIpc) is 3.46. The van der Waals surface area contributed by atoms with Gasteiger partial charge in [-0.25, -0.2) is 0 Å². The van der Waals surface area contributed by atoms with Crippen molar-refractivity contribution in [1.82, 2.24) is 0 Å². The van der Waals surface area contributed by atoms with Crippen molar-refractivity contribution in [3.05, 3.63) is 107 Å². The van der Waals surface area contributed by atoms with Gasteiger partial charge in [0.25, 0.3) is 0 Å². The Bertz CT molecular complexity index is 1980. The standard InChI is InChI=1S/C35H30S2/c1-5-35(6-2,29-15-11-21(3)17-22(29)4)24-13-14-26-27-19-33-28(20-32(27)37-31(26)18-24)34-25-10-8-7-9-23(25)12-16-30(34)36-33/h7-20H,5-6H2,1-4H3. The molecule has 182 valence electrons. The van der Waals surface area contributed by atoms with Gasteiger partial charge in [-0.1, -0.05) is 80.1 Å². The van der Waals surface area contributed by atoms with Gasteiger partial charge in [0.1, 0.15) is 0 Å². The quantitative estimate of drug-likeness (QED) is 0.219. The van der Waals surface area contributed by atoms with Gasteiger partial charge in [0.05, 0.1) is 0 Å². The molecule has 0 nitrogen and oxygen atoms in total. The maximum atomic E-state index is 2.49. The molecule has 7 rings (SSSR count). The highest BCUT2D eigenvalue weighted by Crippen LogP contribution is 2.46. The monoisotopic (exact) mass is 514 g/mol. The summed E-state index contributed by atoms with van der Waals surface area (Å²) in [5.74, 6) is 0. The van der Waals surface area contributed by atoms with E-state index in [0.29, 0.717) is 0 Å². The molecule has 2 heteroatoms. The van der Waals surface area contributed by atoms with Gasteiger partial charge in [0, 0.05) is 45.8 Å². The molecule has 37 heavy (non-hydrogen) atoms. The van der Waals surface area contributed by atoms with Gasteiger partial charge in [-0.05, 0) is 78.4 Å². The normalized spacial score (nSPS) is 12.5. The van der Waals surface area contributed by atoms with Crippen LogP contribution in [-0.4, -0.2) is 0 Å². The predicted molar refractivity (Wildman–Crippen MR) is 167 cm³/mol. The van der Waals surface area contributed by atoms with Crippen LogP contribution in [0.3, 0.4) is 0 Å². The largest absolute Gasteiger partial charge is 0.135 e. The summed E-state index contributed by atoms with van der Waals surface area (Å²) >= 11 is 3.87. The lowest BCUT2D eigenvalue weighted by Gasteiger charge is -2.35. The Morgan fingerprint density at radius 3 is 2.14 bits per heavy atom. The Balaban J connectivity index is 1.46. The minimum absolute atomic E-state index is 0.0393. The fourth-order valence-electron chi connectivity index (χ4n) is 6.66. The first-order valence-corrected chi connectivity index (χ1v) is 14.9. The third-order valence-corrected chi connectivity index (χ3v) is 10.8. The fraction of sp³-hybridized carbons (Fsp3) is 0.200. The number of fused-ring (bicyclic) bond motifs is 8. The van der Waals surface area contributed by atoms with Crippen molar-refractivity contribution in [3.63, 3.8) is 0 Å². The van der Waals surface area contributed by atoms with E-state index in [1.165, 1.54) is 73.4 Å². The lowest BCUT2D eigenvalue weighted by atomic mass is 9.69. The SMILES string of the molecule is CCC(CC)(c1ccc2c(c1)sc1cc3c(cc12)sc1ccc2ccccc2c13)c1ccc(C)cc1C. The summed E-state index contributed by atoms with van der Waals surface area (Å²) in [7, 11) is 0. The maximum absolute atomic E-state index is 2.49. The molecule has 0 aliphatic heterocycles. The van der Waals surface area contributed by atoms with Gasteiger partial charge in [-0.15, -0.1) is 22.7 Å². The van der Waals surface area contributed by atoms with Crippen molar-refractivity contribution in [3.8, 4) is 0 Å². The molecule has 5 aromatic carbocycles. The average molecular weight is 515 g/mol. The molecule has 0 fully saturated rings. The van der Waals surface area contributed by atoms with E-state index >= 15 is 0 Å². The molecule has 0 unspecified atom stereocenters. The number of rotatable bonds is 4. The second-order valence-electron chi connectivity index (χ2n) is 10.5. The molecule has 0 radical (unpaired) electrons. The Hall–Kier alpha value is -3.20. The second-order valence-corrected chi connectivity index (χ2v) is 12.7. The lowest BCUT2D eigenvalue weighted by molar-refractivity contribution is 0.476. The van der Waals surface area contributed by atoms with Crippen LogP contribution >= 0.6 is 22.7 Å². The number of benzene rings is 5. The van der Waals surface area contributed by atoms with E-state index in [1.54, 1.807) is 0 Å². The van der Waals surface area contributed by atoms with Crippen molar-refractivity contribution in [2.24, 2.45) is 0 Å². The van der Waals surface area contributed by atoms with Crippen LogP contribution < -0.4 is 0 Å². The van der Waals surface area contributed by atoms with Crippen LogP contribution in [0.1, 0.15) is 48.9 Å². The van der Waals surface area contributed by atoms with E-state index in [1.807, 2.05) is 22.7 Å². The van der Waals surface area contributed by atoms with E-state index in [0.717, 1.165) is 12.8 Å². The van der Waals surface area contributed by atoms with Crippen molar-refractivity contribution in [2.45, 2.75) is 46.0 Å². The highest BCUT2D eigenvalue weighted by atomic mass is 32.1. The van der Waals surface area contributed by atoms with Crippen molar-refractivity contribution in [1.29, 1.82) is 0 Å². The van der Waals surface area contributed by atoms with Gasteiger partial charge in [0.15, 0.2) is 0 Å². The Morgan fingerprint density at radius 2 is 1.32 bits per heavy atom. The molecule has 0 saturated heterocycles. The Kier molecular flexibility index (Phi) is 5.22. The molecule has 0 aliphatic carbocycles. The zero-order valence-corrected chi connectivity index (χ0v) is 23.4. The van der Waals surface area contributed by atoms with Gasteiger partial charge < -0.3 is 0 Å². The van der Waals surface area contributed by atoms with Crippen LogP contribution in [0.2, 0.25) is 0 Å². The molecule has 0 spiro atoms. The number of hydrogen-bond donors (Lipinski definition) is 0. The first kappa shape index (κ1) is 23.0. The molecule has 7 aromatic rings. The summed E-state index contributed by atoms with van der Waals surface area (Å²) in [6.07, 6.45) is 2.19. The molecule has 0 atom stereocenters. The van der Waals surface area contributed by atoms with Crippen molar-refractivity contribution in [2.75, 3.05) is 0 Å². The molecular formula is C35H30S2. The van der Waals surface area contributed by atoms with Crippen LogP contribution in [-0.2, 0) is 5.41 Å². The third-order valence-electron chi connectivity index (χ3n) is 8.61. The van der Waals surface area contributed by atoms with Gasteiger partial charge in [-0.2, -0.15) is 0 Å². The molecule has 0 aliphatic rings. The highest BCUT2D eigenvalue weighted by molar-refractivity contribution is 7.27. The van der Waals surface area contributed by atoms with E-state index in [4.69, 9.17) is 0 Å². The summed E-state index contributed by atoms with van der Waals surface area (Å²) < 4.78 is 5.55. The molecule has 0 saturated carbocycles. The van der Waals surface area contributed by atoms with Crippen LogP contribution in [0.15, 0.2) is 84.9 Å². The highest BCUT2D eigenvalue weighted by Gasteiger charge is 2.32. The zero-order chi connectivity index (χ0) is 25.3. The fourth-order valence-corrected chi connectivity index (χ4v) is 8.97.